The quantitative estimate of drug-likeness (QED) is 0.765. The highest BCUT2D eigenvalue weighted by molar-refractivity contribution is 9.10. The van der Waals surface area contributed by atoms with Crippen LogP contribution in [0.3, 0.4) is 0 Å². The van der Waals surface area contributed by atoms with Crippen LogP contribution in [0.1, 0.15) is 25.0 Å². The van der Waals surface area contributed by atoms with E-state index in [9.17, 15) is 4.79 Å². The third-order valence-electron chi connectivity index (χ3n) is 3.98. The minimum atomic E-state index is -0.210. The molecule has 0 aliphatic carbocycles. The van der Waals surface area contributed by atoms with Crippen molar-refractivity contribution in [3.8, 4) is 5.75 Å². The molecule has 2 aromatic rings. The molecule has 0 aliphatic rings. The number of amides is 2. The topological polar surface area (TPSA) is 50.4 Å². The van der Waals surface area contributed by atoms with Gasteiger partial charge in [0.1, 0.15) is 5.75 Å². The van der Waals surface area contributed by atoms with Gasteiger partial charge < -0.3 is 15.4 Å². The predicted molar refractivity (Wildman–Crippen MR) is 102 cm³/mol. The maximum absolute atomic E-state index is 12.1. The highest BCUT2D eigenvalue weighted by atomic mass is 79.9. The van der Waals surface area contributed by atoms with Crippen LogP contribution in [0, 0.1) is 6.92 Å². The average molecular weight is 391 g/mol. The van der Waals surface area contributed by atoms with Gasteiger partial charge in [0.25, 0.3) is 0 Å². The van der Waals surface area contributed by atoms with Crippen LogP contribution in [-0.2, 0) is 5.41 Å². The van der Waals surface area contributed by atoms with Gasteiger partial charge in [-0.05, 0) is 48.4 Å². The molecule has 0 aliphatic heterocycles. The van der Waals surface area contributed by atoms with Gasteiger partial charge in [-0.1, -0.05) is 41.9 Å². The summed E-state index contributed by atoms with van der Waals surface area (Å²) in [7, 11) is 1.65. The Hall–Kier alpha value is -2.01. The molecular formula is C19H23BrN2O2. The van der Waals surface area contributed by atoms with E-state index in [0.717, 1.165) is 27.0 Å². The number of rotatable bonds is 5. The number of anilines is 1. The van der Waals surface area contributed by atoms with Gasteiger partial charge in [-0.15, -0.1) is 0 Å². The lowest BCUT2D eigenvalue weighted by atomic mass is 9.84. The number of hydrogen-bond acceptors (Lipinski definition) is 2. The number of ether oxygens (including phenoxy) is 1. The fourth-order valence-corrected chi connectivity index (χ4v) is 2.59. The van der Waals surface area contributed by atoms with E-state index in [2.05, 4.69) is 40.4 Å². The summed E-state index contributed by atoms with van der Waals surface area (Å²) < 4.78 is 6.20. The Balaban J connectivity index is 1.94. The van der Waals surface area contributed by atoms with Crippen LogP contribution >= 0.6 is 15.9 Å². The number of carbonyl (C=O) groups is 1. The van der Waals surface area contributed by atoms with Gasteiger partial charge in [0.05, 0.1) is 7.11 Å². The van der Waals surface area contributed by atoms with Gasteiger partial charge in [-0.25, -0.2) is 4.79 Å². The van der Waals surface area contributed by atoms with E-state index in [1.807, 2.05) is 49.4 Å². The van der Waals surface area contributed by atoms with Crippen molar-refractivity contribution in [2.75, 3.05) is 19.0 Å². The molecule has 2 N–H and O–H groups in total. The summed E-state index contributed by atoms with van der Waals surface area (Å²) in [5.74, 6) is 0.825. The molecule has 0 bridgehead atoms. The second kappa shape index (κ2) is 7.71. The number of urea groups is 1. The van der Waals surface area contributed by atoms with Crippen molar-refractivity contribution in [3.05, 3.63) is 58.1 Å². The highest BCUT2D eigenvalue weighted by Crippen LogP contribution is 2.24. The van der Waals surface area contributed by atoms with Crippen LogP contribution in [0.2, 0.25) is 0 Å². The Morgan fingerprint density at radius 2 is 1.83 bits per heavy atom. The molecular weight excluding hydrogens is 368 g/mol. The molecule has 2 rings (SSSR count). The summed E-state index contributed by atoms with van der Waals surface area (Å²) in [4.78, 5) is 12.1. The first kappa shape index (κ1) is 18.3. The molecule has 2 aromatic carbocycles. The van der Waals surface area contributed by atoms with Gasteiger partial charge in [-0.3, -0.25) is 0 Å². The summed E-state index contributed by atoms with van der Waals surface area (Å²) >= 11 is 3.45. The third kappa shape index (κ3) is 4.74. The molecule has 0 aromatic heterocycles. The van der Waals surface area contributed by atoms with Crippen molar-refractivity contribution in [3.63, 3.8) is 0 Å². The average Bonchev–Trinajstić information content (AvgIpc) is 2.56. The van der Waals surface area contributed by atoms with Crippen LogP contribution in [0.4, 0.5) is 10.5 Å². The molecule has 0 atom stereocenters. The minimum Gasteiger partial charge on any atom is -0.497 e. The van der Waals surface area contributed by atoms with Gasteiger partial charge in [0.2, 0.25) is 0 Å². The van der Waals surface area contributed by atoms with Crippen LogP contribution in [-0.4, -0.2) is 19.7 Å². The van der Waals surface area contributed by atoms with E-state index >= 15 is 0 Å². The van der Waals surface area contributed by atoms with Crippen molar-refractivity contribution < 1.29 is 9.53 Å². The zero-order valence-electron chi connectivity index (χ0n) is 14.4. The maximum Gasteiger partial charge on any atom is 0.319 e. The first-order chi connectivity index (χ1) is 11.3. The summed E-state index contributed by atoms with van der Waals surface area (Å²) in [6.45, 7) is 6.71. The van der Waals surface area contributed by atoms with Gasteiger partial charge in [0.15, 0.2) is 0 Å². The molecule has 0 saturated heterocycles. The number of carbonyl (C=O) groups excluding carboxylic acids is 1. The van der Waals surface area contributed by atoms with E-state index in [-0.39, 0.29) is 11.4 Å². The molecule has 0 heterocycles. The number of methoxy groups -OCH3 is 1. The summed E-state index contributed by atoms with van der Waals surface area (Å²) in [6.07, 6.45) is 0. The van der Waals surface area contributed by atoms with Crippen molar-refractivity contribution in [1.29, 1.82) is 0 Å². The second-order valence-electron chi connectivity index (χ2n) is 6.38. The summed E-state index contributed by atoms with van der Waals surface area (Å²) in [5, 5.41) is 5.80. The SMILES string of the molecule is COc1ccc(C(C)(C)CNC(=O)Nc2ccc(Br)c(C)c2)cc1. The third-order valence-corrected chi connectivity index (χ3v) is 4.87. The van der Waals surface area contributed by atoms with Gasteiger partial charge in [0, 0.05) is 22.1 Å². The van der Waals surface area contributed by atoms with Crippen LogP contribution < -0.4 is 15.4 Å². The first-order valence-corrected chi connectivity index (χ1v) is 8.56. The van der Waals surface area contributed by atoms with Crippen molar-refractivity contribution in [1.82, 2.24) is 5.32 Å². The van der Waals surface area contributed by atoms with E-state index in [1.54, 1.807) is 7.11 Å². The van der Waals surface area contributed by atoms with Crippen LogP contribution in [0.5, 0.6) is 5.75 Å². The molecule has 0 saturated carbocycles. The number of halogens is 1. The van der Waals surface area contributed by atoms with E-state index in [0.29, 0.717) is 6.54 Å². The smallest absolute Gasteiger partial charge is 0.319 e. The molecule has 2 amide bonds. The zero-order valence-corrected chi connectivity index (χ0v) is 16.0. The fourth-order valence-electron chi connectivity index (χ4n) is 2.34. The summed E-state index contributed by atoms with van der Waals surface area (Å²) in [6, 6.07) is 13.4. The van der Waals surface area contributed by atoms with Crippen LogP contribution in [0.25, 0.3) is 0 Å². The molecule has 128 valence electrons. The first-order valence-electron chi connectivity index (χ1n) is 7.77. The molecule has 24 heavy (non-hydrogen) atoms. The Bertz CT molecular complexity index is 712. The Morgan fingerprint density at radius 1 is 1.17 bits per heavy atom. The molecule has 5 heteroatoms. The van der Waals surface area contributed by atoms with Gasteiger partial charge in [-0.2, -0.15) is 0 Å². The predicted octanol–water partition coefficient (Wildman–Crippen LogP) is 4.87. The molecule has 0 fully saturated rings. The Labute approximate surface area is 151 Å². The number of aryl methyl sites for hydroxylation is 1. The van der Waals surface area contributed by atoms with E-state index in [1.165, 1.54) is 0 Å². The fraction of sp³-hybridized carbons (Fsp3) is 0.316. The van der Waals surface area contributed by atoms with Gasteiger partial charge >= 0.3 is 6.03 Å². The second-order valence-corrected chi connectivity index (χ2v) is 7.24. The highest BCUT2D eigenvalue weighted by Gasteiger charge is 2.21. The minimum absolute atomic E-state index is 0.181. The largest absolute Gasteiger partial charge is 0.497 e. The van der Waals surface area contributed by atoms with Crippen LogP contribution in [0.15, 0.2) is 46.9 Å². The lowest BCUT2D eigenvalue weighted by molar-refractivity contribution is 0.249. The van der Waals surface area contributed by atoms with Crippen molar-refractivity contribution in [2.45, 2.75) is 26.2 Å². The van der Waals surface area contributed by atoms with Crippen molar-refractivity contribution in [2.24, 2.45) is 0 Å². The lowest BCUT2D eigenvalue weighted by Crippen LogP contribution is -2.38. The molecule has 4 nitrogen and oxygen atoms in total. The number of benzene rings is 2. The molecule has 0 radical (unpaired) electrons. The molecule has 0 unspecified atom stereocenters. The maximum atomic E-state index is 12.1. The lowest BCUT2D eigenvalue weighted by Gasteiger charge is -2.26. The Kier molecular flexibility index (Phi) is 5.89. The standard InChI is InChI=1S/C19H23BrN2O2/c1-13-11-15(7-10-17(13)20)22-18(23)21-12-19(2,3)14-5-8-16(24-4)9-6-14/h5-11H,12H2,1-4H3,(H2,21,22,23). The number of nitrogens with one attached hydrogen (secondary N) is 2. The Morgan fingerprint density at radius 3 is 2.42 bits per heavy atom. The zero-order chi connectivity index (χ0) is 17.7. The number of hydrogen-bond donors (Lipinski definition) is 2. The van der Waals surface area contributed by atoms with E-state index < -0.39 is 0 Å². The monoisotopic (exact) mass is 390 g/mol. The molecule has 0 spiro atoms. The van der Waals surface area contributed by atoms with E-state index in [4.69, 9.17) is 4.74 Å². The summed E-state index contributed by atoms with van der Waals surface area (Å²) in [5.41, 5.74) is 2.81. The van der Waals surface area contributed by atoms with Crippen molar-refractivity contribution >= 4 is 27.6 Å². The normalized spacial score (nSPS) is 11.0.